The summed E-state index contributed by atoms with van der Waals surface area (Å²) >= 11 is 4.24. The van der Waals surface area contributed by atoms with Crippen LogP contribution in [0, 0.1) is 0 Å². The van der Waals surface area contributed by atoms with Gasteiger partial charge in [0, 0.05) is 44.5 Å². The molecule has 0 radical (unpaired) electrons. The molecule has 0 N–H and O–H groups in total. The normalized spacial score (nSPS) is 18.8. The van der Waals surface area contributed by atoms with Crippen LogP contribution in [-0.4, -0.2) is 43.4 Å². The highest BCUT2D eigenvalue weighted by Crippen LogP contribution is 2.16. The molecule has 0 unspecified atom stereocenters. The van der Waals surface area contributed by atoms with Crippen molar-refractivity contribution in [3.8, 4) is 0 Å². The summed E-state index contributed by atoms with van der Waals surface area (Å²) in [6, 6.07) is 3.96. The van der Waals surface area contributed by atoms with Gasteiger partial charge in [-0.25, -0.2) is 0 Å². The molecule has 0 aromatic carbocycles. The molecule has 2 heterocycles. The number of thiol groups is 1. The first-order valence-electron chi connectivity index (χ1n) is 5.02. The van der Waals surface area contributed by atoms with Crippen molar-refractivity contribution in [2.75, 3.05) is 43.4 Å². The first kappa shape index (κ1) is 9.93. The van der Waals surface area contributed by atoms with Crippen LogP contribution in [0.25, 0.3) is 0 Å². The van der Waals surface area contributed by atoms with Gasteiger partial charge in [0.25, 0.3) is 0 Å². The van der Waals surface area contributed by atoms with Crippen molar-refractivity contribution in [3.63, 3.8) is 0 Å². The van der Waals surface area contributed by atoms with Crippen LogP contribution >= 0.6 is 12.6 Å². The van der Waals surface area contributed by atoms with Gasteiger partial charge in [-0.2, -0.15) is 12.6 Å². The zero-order chi connectivity index (χ0) is 9.80. The molecule has 0 aliphatic carbocycles. The third-order valence-corrected chi connectivity index (χ3v) is 2.81. The maximum Gasteiger partial charge on any atom is 0.195 e. The average molecular weight is 212 g/mol. The minimum atomic E-state index is 0.945. The lowest BCUT2D eigenvalue weighted by atomic mass is 10.3. The molecule has 1 fully saturated rings. The predicted octanol–water partition coefficient (Wildman–Crippen LogP) is 1.33. The lowest BCUT2D eigenvalue weighted by Crippen LogP contribution is -2.46. The third-order valence-electron chi connectivity index (χ3n) is 2.61. The van der Waals surface area contributed by atoms with E-state index < -0.39 is 0 Å². The molecule has 4 heteroatoms. The van der Waals surface area contributed by atoms with E-state index >= 15 is 0 Å². The van der Waals surface area contributed by atoms with Crippen molar-refractivity contribution >= 4 is 18.5 Å². The first-order chi connectivity index (χ1) is 6.90. The van der Waals surface area contributed by atoms with Crippen molar-refractivity contribution in [1.29, 1.82) is 0 Å². The number of rotatable bonds is 3. The summed E-state index contributed by atoms with van der Waals surface area (Å²) in [6.07, 6.45) is 1.73. The van der Waals surface area contributed by atoms with Gasteiger partial charge in [-0.15, -0.1) is 0 Å². The number of anilines is 1. The molecule has 3 nitrogen and oxygen atoms in total. The molecule has 1 aromatic rings. The summed E-state index contributed by atoms with van der Waals surface area (Å²) in [5.41, 5.74) is 0. The summed E-state index contributed by atoms with van der Waals surface area (Å²) < 4.78 is 5.36. The monoisotopic (exact) mass is 212 g/mol. The van der Waals surface area contributed by atoms with Crippen LogP contribution < -0.4 is 4.90 Å². The highest BCUT2D eigenvalue weighted by molar-refractivity contribution is 7.80. The second-order valence-electron chi connectivity index (χ2n) is 3.50. The van der Waals surface area contributed by atoms with Gasteiger partial charge in [0.1, 0.15) is 0 Å². The zero-order valence-electron chi connectivity index (χ0n) is 8.22. The van der Waals surface area contributed by atoms with Gasteiger partial charge >= 0.3 is 0 Å². The van der Waals surface area contributed by atoms with Crippen LogP contribution in [0.2, 0.25) is 0 Å². The van der Waals surface area contributed by atoms with Crippen molar-refractivity contribution < 1.29 is 4.42 Å². The Morgan fingerprint density at radius 3 is 2.64 bits per heavy atom. The van der Waals surface area contributed by atoms with Crippen molar-refractivity contribution in [1.82, 2.24) is 4.90 Å². The molecule has 1 aliphatic rings. The van der Waals surface area contributed by atoms with Gasteiger partial charge in [-0.05, 0) is 6.07 Å². The Morgan fingerprint density at radius 1 is 1.29 bits per heavy atom. The predicted molar refractivity (Wildman–Crippen MR) is 61.2 cm³/mol. The lowest BCUT2D eigenvalue weighted by Gasteiger charge is -2.34. The van der Waals surface area contributed by atoms with Gasteiger partial charge in [-0.1, -0.05) is 0 Å². The fourth-order valence-corrected chi connectivity index (χ4v) is 2.07. The number of hydrogen-bond donors (Lipinski definition) is 1. The molecule has 0 atom stereocenters. The first-order valence-corrected chi connectivity index (χ1v) is 5.65. The SMILES string of the molecule is SCCN1CCN(c2ccco2)CC1. The fourth-order valence-electron chi connectivity index (χ4n) is 1.78. The molecule has 1 aliphatic heterocycles. The highest BCUT2D eigenvalue weighted by Gasteiger charge is 2.17. The number of furan rings is 1. The Hall–Kier alpha value is -0.610. The molecule has 2 rings (SSSR count). The molecular weight excluding hydrogens is 196 g/mol. The minimum absolute atomic E-state index is 0.945. The zero-order valence-corrected chi connectivity index (χ0v) is 9.12. The Balaban J connectivity index is 1.84. The van der Waals surface area contributed by atoms with Crippen molar-refractivity contribution in [3.05, 3.63) is 18.4 Å². The maximum atomic E-state index is 5.36. The molecule has 0 amide bonds. The standard InChI is InChI=1S/C10H16N2OS/c14-9-7-11-3-5-12(6-4-11)10-2-1-8-13-10/h1-2,8,14H,3-7,9H2. The quantitative estimate of drug-likeness (QED) is 0.763. The van der Waals surface area contributed by atoms with Crippen LogP contribution in [0.4, 0.5) is 5.88 Å². The number of hydrogen-bond acceptors (Lipinski definition) is 4. The molecule has 1 saturated heterocycles. The van der Waals surface area contributed by atoms with E-state index in [0.29, 0.717) is 0 Å². The summed E-state index contributed by atoms with van der Waals surface area (Å²) in [6.45, 7) is 5.43. The van der Waals surface area contributed by atoms with E-state index in [1.54, 1.807) is 6.26 Å². The molecule has 78 valence electrons. The molecule has 0 spiro atoms. The summed E-state index contributed by atoms with van der Waals surface area (Å²) in [4.78, 5) is 4.72. The van der Waals surface area contributed by atoms with Gasteiger partial charge in [0.15, 0.2) is 5.88 Å². The molecular formula is C10H16N2OS. The molecule has 1 aromatic heterocycles. The van der Waals surface area contributed by atoms with Crippen molar-refractivity contribution in [2.45, 2.75) is 0 Å². The fraction of sp³-hybridized carbons (Fsp3) is 0.600. The van der Waals surface area contributed by atoms with E-state index in [1.165, 1.54) is 0 Å². The second kappa shape index (κ2) is 4.75. The van der Waals surface area contributed by atoms with Gasteiger partial charge in [0.2, 0.25) is 0 Å². The van der Waals surface area contributed by atoms with E-state index in [9.17, 15) is 0 Å². The van der Waals surface area contributed by atoms with E-state index in [4.69, 9.17) is 4.42 Å². The highest BCUT2D eigenvalue weighted by atomic mass is 32.1. The molecule has 14 heavy (non-hydrogen) atoms. The Morgan fingerprint density at radius 2 is 2.07 bits per heavy atom. The summed E-state index contributed by atoms with van der Waals surface area (Å²) in [5, 5.41) is 0. The van der Waals surface area contributed by atoms with Crippen molar-refractivity contribution in [2.24, 2.45) is 0 Å². The third kappa shape index (κ3) is 2.25. The topological polar surface area (TPSA) is 19.6 Å². The molecule has 0 bridgehead atoms. The lowest BCUT2D eigenvalue weighted by molar-refractivity contribution is 0.269. The Kier molecular flexibility index (Phi) is 3.37. The Bertz CT molecular complexity index is 255. The maximum absolute atomic E-state index is 5.36. The van der Waals surface area contributed by atoms with Crippen LogP contribution in [-0.2, 0) is 0 Å². The average Bonchev–Trinajstić information content (AvgIpc) is 2.72. The summed E-state index contributed by atoms with van der Waals surface area (Å²) in [5.74, 6) is 1.94. The number of piperazine rings is 1. The van der Waals surface area contributed by atoms with Crippen LogP contribution in [0.3, 0.4) is 0 Å². The van der Waals surface area contributed by atoms with Crippen LogP contribution in [0.15, 0.2) is 22.8 Å². The van der Waals surface area contributed by atoms with Gasteiger partial charge in [-0.3, -0.25) is 4.90 Å². The van der Waals surface area contributed by atoms with E-state index in [2.05, 4.69) is 22.4 Å². The second-order valence-corrected chi connectivity index (χ2v) is 3.95. The smallest absolute Gasteiger partial charge is 0.195 e. The molecule has 0 saturated carbocycles. The van der Waals surface area contributed by atoms with Gasteiger partial charge < -0.3 is 9.32 Å². The van der Waals surface area contributed by atoms with Crippen LogP contribution in [0.1, 0.15) is 0 Å². The minimum Gasteiger partial charge on any atom is -0.449 e. The van der Waals surface area contributed by atoms with E-state index in [-0.39, 0.29) is 0 Å². The van der Waals surface area contributed by atoms with E-state index in [1.807, 2.05) is 12.1 Å². The largest absolute Gasteiger partial charge is 0.449 e. The summed E-state index contributed by atoms with van der Waals surface area (Å²) in [7, 11) is 0. The Labute approximate surface area is 90.1 Å². The van der Waals surface area contributed by atoms with E-state index in [0.717, 1.165) is 44.4 Å². The van der Waals surface area contributed by atoms with Gasteiger partial charge in [0.05, 0.1) is 6.26 Å². The number of nitrogens with zero attached hydrogens (tertiary/aromatic N) is 2. The van der Waals surface area contributed by atoms with Crippen LogP contribution in [0.5, 0.6) is 0 Å².